The highest BCUT2D eigenvalue weighted by Gasteiger charge is 2.37. The smallest absolute Gasteiger partial charge is 0.230 e. The molecule has 1 aliphatic heterocycles. The van der Waals surface area contributed by atoms with E-state index in [4.69, 9.17) is 4.74 Å². The molecule has 0 atom stereocenters. The first kappa shape index (κ1) is 29.6. The van der Waals surface area contributed by atoms with E-state index in [1.165, 1.54) is 61.8 Å². The van der Waals surface area contributed by atoms with Crippen molar-refractivity contribution in [2.75, 3.05) is 24.3 Å². The number of carbonyl (C=O) groups excluding carboxylic acids is 1. The third kappa shape index (κ3) is 7.53. The maximum atomic E-state index is 13.4. The van der Waals surface area contributed by atoms with Crippen LogP contribution in [0.1, 0.15) is 109 Å². The van der Waals surface area contributed by atoms with E-state index in [-0.39, 0.29) is 23.9 Å². The summed E-state index contributed by atoms with van der Waals surface area (Å²) in [5.74, 6) is 0.958. The van der Waals surface area contributed by atoms with Gasteiger partial charge in [0.1, 0.15) is 11.4 Å². The Labute approximate surface area is 209 Å². The van der Waals surface area contributed by atoms with Gasteiger partial charge in [-0.05, 0) is 45.2 Å². The van der Waals surface area contributed by atoms with Crippen molar-refractivity contribution >= 4 is 29.7 Å². The molecule has 1 aromatic carbocycles. The summed E-state index contributed by atoms with van der Waals surface area (Å²) in [6.45, 7) is 14.9. The normalized spacial score (nSPS) is 14.3. The van der Waals surface area contributed by atoms with Gasteiger partial charge in [0.15, 0.2) is 0 Å². The lowest BCUT2D eigenvalue weighted by molar-refractivity contribution is -0.124. The van der Waals surface area contributed by atoms with E-state index >= 15 is 0 Å². The standard InChI is InChI=1S/C28H48N2O2.ClH/c1-10-11-12-13-14-15-16-17-18-27(4,5)26(31)29-23-21(3)24(30(8)9)20(2)22-19-28(6,7)32-25(22)23;/h10-19H2,1-9H3,(H,29,31);1H. The van der Waals surface area contributed by atoms with E-state index in [0.717, 1.165) is 36.3 Å². The number of fused-ring (bicyclic) bond motifs is 1. The fourth-order valence-electron chi connectivity index (χ4n) is 5.02. The zero-order chi connectivity index (χ0) is 24.1. The Morgan fingerprint density at radius 1 is 1.00 bits per heavy atom. The number of unbranched alkanes of at least 4 members (excludes halogenated alkanes) is 7. The second-order valence-corrected chi connectivity index (χ2v) is 11.3. The molecule has 33 heavy (non-hydrogen) atoms. The number of benzene rings is 1. The summed E-state index contributed by atoms with van der Waals surface area (Å²) in [5, 5.41) is 3.30. The topological polar surface area (TPSA) is 41.6 Å². The van der Waals surface area contributed by atoms with Crippen LogP contribution in [0.4, 0.5) is 11.4 Å². The number of hydrogen-bond acceptors (Lipinski definition) is 3. The first-order valence-electron chi connectivity index (χ1n) is 12.7. The lowest BCUT2D eigenvalue weighted by atomic mass is 9.85. The summed E-state index contributed by atoms with van der Waals surface area (Å²) in [6.07, 6.45) is 12.0. The van der Waals surface area contributed by atoms with Gasteiger partial charge in [-0.15, -0.1) is 12.4 Å². The maximum absolute atomic E-state index is 13.4. The molecule has 1 aromatic rings. The number of ether oxygens (including phenoxy) is 1. The number of carbonyl (C=O) groups is 1. The summed E-state index contributed by atoms with van der Waals surface area (Å²) < 4.78 is 6.36. The second-order valence-electron chi connectivity index (χ2n) is 11.3. The Bertz CT molecular complexity index is 800. The quantitative estimate of drug-likeness (QED) is 0.308. The van der Waals surface area contributed by atoms with E-state index < -0.39 is 5.41 Å². The molecule has 0 bridgehead atoms. The number of rotatable bonds is 12. The lowest BCUT2D eigenvalue weighted by Crippen LogP contribution is -2.31. The largest absolute Gasteiger partial charge is 0.485 e. The molecule has 0 fully saturated rings. The Morgan fingerprint density at radius 3 is 2.09 bits per heavy atom. The summed E-state index contributed by atoms with van der Waals surface area (Å²) in [7, 11) is 4.14. The van der Waals surface area contributed by atoms with Gasteiger partial charge in [0, 0.05) is 37.2 Å². The minimum Gasteiger partial charge on any atom is -0.485 e. The van der Waals surface area contributed by atoms with Gasteiger partial charge in [-0.3, -0.25) is 4.79 Å². The number of anilines is 2. The van der Waals surface area contributed by atoms with Crippen LogP contribution in [0.2, 0.25) is 0 Å². The molecule has 0 saturated heterocycles. The summed E-state index contributed by atoms with van der Waals surface area (Å²) in [5.41, 5.74) is 4.94. The van der Waals surface area contributed by atoms with Crippen molar-refractivity contribution in [2.24, 2.45) is 5.41 Å². The molecule has 1 aliphatic rings. The van der Waals surface area contributed by atoms with Gasteiger partial charge in [0.05, 0.1) is 5.69 Å². The van der Waals surface area contributed by atoms with Gasteiger partial charge in [0.2, 0.25) is 5.91 Å². The van der Waals surface area contributed by atoms with Gasteiger partial charge in [-0.1, -0.05) is 72.1 Å². The highest BCUT2D eigenvalue weighted by atomic mass is 35.5. The van der Waals surface area contributed by atoms with Crippen LogP contribution in [0.25, 0.3) is 0 Å². The molecule has 190 valence electrons. The van der Waals surface area contributed by atoms with E-state index in [2.05, 4.69) is 72.8 Å². The van der Waals surface area contributed by atoms with Gasteiger partial charge in [0.25, 0.3) is 0 Å². The van der Waals surface area contributed by atoms with E-state index in [1.807, 2.05) is 0 Å². The van der Waals surface area contributed by atoms with Crippen molar-refractivity contribution in [2.45, 2.75) is 118 Å². The van der Waals surface area contributed by atoms with Crippen molar-refractivity contribution in [3.05, 3.63) is 16.7 Å². The van der Waals surface area contributed by atoms with Crippen LogP contribution in [-0.4, -0.2) is 25.6 Å². The summed E-state index contributed by atoms with van der Waals surface area (Å²) in [6, 6.07) is 0. The molecule has 0 aromatic heterocycles. The van der Waals surface area contributed by atoms with Gasteiger partial charge < -0.3 is 15.0 Å². The number of amides is 1. The molecule has 0 spiro atoms. The van der Waals surface area contributed by atoms with Crippen LogP contribution in [0, 0.1) is 19.3 Å². The predicted octanol–water partition coefficient (Wildman–Crippen LogP) is 8.00. The molecule has 4 nitrogen and oxygen atoms in total. The molecule has 1 heterocycles. The first-order valence-corrected chi connectivity index (χ1v) is 12.7. The fourth-order valence-corrected chi connectivity index (χ4v) is 5.02. The third-order valence-corrected chi connectivity index (χ3v) is 6.98. The molecule has 0 unspecified atom stereocenters. The first-order chi connectivity index (χ1) is 14.9. The highest BCUT2D eigenvalue weighted by Crippen LogP contribution is 2.48. The molecule has 0 saturated carbocycles. The van der Waals surface area contributed by atoms with Crippen LogP contribution < -0.4 is 15.0 Å². The molecule has 5 heteroatoms. The average Bonchev–Trinajstić information content (AvgIpc) is 3.02. The average molecular weight is 481 g/mol. The van der Waals surface area contributed by atoms with Crippen molar-refractivity contribution in [3.63, 3.8) is 0 Å². The van der Waals surface area contributed by atoms with Crippen LogP contribution in [-0.2, 0) is 11.2 Å². The van der Waals surface area contributed by atoms with Gasteiger partial charge in [-0.2, -0.15) is 0 Å². The Kier molecular flexibility index (Phi) is 11.1. The zero-order valence-electron chi connectivity index (χ0n) is 22.7. The Morgan fingerprint density at radius 2 is 1.55 bits per heavy atom. The van der Waals surface area contributed by atoms with E-state index in [9.17, 15) is 4.79 Å². The molecule has 1 amide bonds. The number of nitrogens with zero attached hydrogens (tertiary/aromatic N) is 1. The SMILES string of the molecule is CCCCCCCCCCC(C)(C)C(=O)Nc1c(C)c(N(C)C)c(C)c2c1OC(C)(C)C2.Cl. The maximum Gasteiger partial charge on any atom is 0.230 e. The van der Waals surface area contributed by atoms with Crippen LogP contribution in [0.3, 0.4) is 0 Å². The van der Waals surface area contributed by atoms with Crippen molar-refractivity contribution < 1.29 is 9.53 Å². The second kappa shape index (κ2) is 12.3. The Hall–Kier alpha value is -1.42. The van der Waals surface area contributed by atoms with Crippen molar-refractivity contribution in [1.82, 2.24) is 0 Å². The monoisotopic (exact) mass is 480 g/mol. The lowest BCUT2D eigenvalue weighted by Gasteiger charge is -2.28. The molecule has 2 rings (SSSR count). The van der Waals surface area contributed by atoms with Crippen molar-refractivity contribution in [3.8, 4) is 5.75 Å². The zero-order valence-corrected chi connectivity index (χ0v) is 23.6. The predicted molar refractivity (Wildman–Crippen MR) is 146 cm³/mol. The van der Waals surface area contributed by atoms with E-state index in [1.54, 1.807) is 0 Å². The van der Waals surface area contributed by atoms with Crippen LogP contribution in [0.15, 0.2) is 0 Å². The minimum atomic E-state index is -0.404. The molecule has 0 aliphatic carbocycles. The fraction of sp³-hybridized carbons (Fsp3) is 0.750. The number of hydrogen-bond donors (Lipinski definition) is 1. The van der Waals surface area contributed by atoms with E-state index in [0.29, 0.717) is 0 Å². The molecular formula is C28H49ClN2O2. The minimum absolute atomic E-state index is 0. The number of nitrogens with one attached hydrogen (secondary N) is 1. The summed E-state index contributed by atoms with van der Waals surface area (Å²) in [4.78, 5) is 15.5. The molecule has 0 radical (unpaired) electrons. The van der Waals surface area contributed by atoms with Gasteiger partial charge in [-0.25, -0.2) is 0 Å². The Balaban J connectivity index is 0.00000544. The van der Waals surface area contributed by atoms with Crippen molar-refractivity contribution in [1.29, 1.82) is 0 Å². The van der Waals surface area contributed by atoms with Crippen LogP contribution in [0.5, 0.6) is 5.75 Å². The highest BCUT2D eigenvalue weighted by molar-refractivity contribution is 5.98. The summed E-state index contributed by atoms with van der Waals surface area (Å²) >= 11 is 0. The number of halogens is 1. The van der Waals surface area contributed by atoms with Crippen LogP contribution >= 0.6 is 12.4 Å². The third-order valence-electron chi connectivity index (χ3n) is 6.98. The molecular weight excluding hydrogens is 432 g/mol. The molecule has 1 N–H and O–H groups in total. The van der Waals surface area contributed by atoms with Gasteiger partial charge >= 0.3 is 0 Å².